The molecular weight excluding hydrogens is 326 g/mol. The number of pyridine rings is 1. The summed E-state index contributed by atoms with van der Waals surface area (Å²) in [6, 6.07) is 4.24. The van der Waals surface area contributed by atoms with Crippen LogP contribution in [0.25, 0.3) is 0 Å². The number of nitrogens with zero attached hydrogens (tertiary/aromatic N) is 5. The molecule has 3 heterocycles. The molecule has 1 fully saturated rings. The van der Waals surface area contributed by atoms with Gasteiger partial charge in [0.05, 0.1) is 6.20 Å². The molecule has 0 saturated carbocycles. The van der Waals surface area contributed by atoms with E-state index in [4.69, 9.17) is 0 Å². The van der Waals surface area contributed by atoms with E-state index in [1.165, 1.54) is 11.1 Å². The van der Waals surface area contributed by atoms with Gasteiger partial charge in [0.15, 0.2) is 0 Å². The monoisotopic (exact) mass is 355 g/mol. The summed E-state index contributed by atoms with van der Waals surface area (Å²) in [5, 5.41) is 4.26. The lowest BCUT2D eigenvalue weighted by Gasteiger charge is -2.33. The highest BCUT2D eigenvalue weighted by Crippen LogP contribution is 2.28. The van der Waals surface area contributed by atoms with Gasteiger partial charge in [0.25, 0.3) is 0 Å². The lowest BCUT2D eigenvalue weighted by molar-refractivity contribution is -0.132. The number of piperidine rings is 1. The highest BCUT2D eigenvalue weighted by atomic mass is 16.2. The van der Waals surface area contributed by atoms with Crippen LogP contribution in [-0.4, -0.2) is 52.8 Å². The molecule has 6 heteroatoms. The van der Waals surface area contributed by atoms with Gasteiger partial charge in [-0.25, -0.2) is 4.98 Å². The van der Waals surface area contributed by atoms with Gasteiger partial charge in [0, 0.05) is 58.5 Å². The number of hydrogen-bond acceptors (Lipinski definition) is 4. The van der Waals surface area contributed by atoms with E-state index in [1.54, 1.807) is 0 Å². The molecule has 1 atom stereocenters. The molecule has 1 aliphatic heterocycles. The Labute approximate surface area is 155 Å². The van der Waals surface area contributed by atoms with Crippen molar-refractivity contribution < 1.29 is 4.79 Å². The molecule has 1 saturated heterocycles. The van der Waals surface area contributed by atoms with Crippen LogP contribution in [0.15, 0.2) is 24.5 Å². The molecule has 0 N–H and O–H groups in total. The normalized spacial score (nSPS) is 17.4. The molecule has 26 heavy (non-hydrogen) atoms. The number of carbonyl (C=O) groups excluding carboxylic acids is 1. The first-order valence-electron chi connectivity index (χ1n) is 9.34. The summed E-state index contributed by atoms with van der Waals surface area (Å²) in [7, 11) is 5.94. The third kappa shape index (κ3) is 4.06. The fourth-order valence-electron chi connectivity index (χ4n) is 3.60. The van der Waals surface area contributed by atoms with Gasteiger partial charge in [-0.05, 0) is 49.4 Å². The van der Waals surface area contributed by atoms with Gasteiger partial charge in [0.1, 0.15) is 5.82 Å². The molecular formula is C20H29N5O. The lowest BCUT2D eigenvalue weighted by Crippen LogP contribution is -2.39. The lowest BCUT2D eigenvalue weighted by atomic mass is 9.91. The van der Waals surface area contributed by atoms with Crippen molar-refractivity contribution in [2.45, 2.75) is 38.5 Å². The highest BCUT2D eigenvalue weighted by molar-refractivity contribution is 5.76. The number of rotatable bonds is 5. The van der Waals surface area contributed by atoms with Crippen LogP contribution in [0.1, 0.15) is 42.0 Å². The summed E-state index contributed by atoms with van der Waals surface area (Å²) < 4.78 is 1.86. The van der Waals surface area contributed by atoms with Crippen molar-refractivity contribution in [1.82, 2.24) is 19.7 Å². The first-order chi connectivity index (χ1) is 12.5. The summed E-state index contributed by atoms with van der Waals surface area (Å²) in [6.07, 6.45) is 7.25. The van der Waals surface area contributed by atoms with Crippen molar-refractivity contribution >= 4 is 11.7 Å². The topological polar surface area (TPSA) is 54.3 Å². The van der Waals surface area contributed by atoms with Crippen LogP contribution in [-0.2, 0) is 18.3 Å². The fraction of sp³-hybridized carbons (Fsp3) is 0.550. The van der Waals surface area contributed by atoms with Crippen molar-refractivity contribution in [3.63, 3.8) is 0 Å². The first kappa shape index (κ1) is 18.4. The minimum atomic E-state index is 0.250. The third-order valence-corrected chi connectivity index (χ3v) is 5.42. The van der Waals surface area contributed by atoms with Gasteiger partial charge >= 0.3 is 0 Å². The molecule has 0 aromatic carbocycles. The second-order valence-corrected chi connectivity index (χ2v) is 7.40. The Bertz CT molecular complexity index is 767. The maximum Gasteiger partial charge on any atom is 0.222 e. The average Bonchev–Trinajstić information content (AvgIpc) is 2.98. The van der Waals surface area contributed by atoms with Crippen molar-refractivity contribution in [3.8, 4) is 0 Å². The van der Waals surface area contributed by atoms with E-state index in [1.807, 2.05) is 48.0 Å². The van der Waals surface area contributed by atoms with Crippen molar-refractivity contribution in [2.24, 2.45) is 7.05 Å². The quantitative estimate of drug-likeness (QED) is 0.827. The second kappa shape index (κ2) is 7.89. The van der Waals surface area contributed by atoms with Gasteiger partial charge in [-0.3, -0.25) is 9.48 Å². The van der Waals surface area contributed by atoms with Crippen LogP contribution in [0, 0.1) is 6.92 Å². The van der Waals surface area contributed by atoms with E-state index >= 15 is 0 Å². The van der Waals surface area contributed by atoms with Crippen molar-refractivity contribution in [2.75, 3.05) is 32.1 Å². The average molecular weight is 355 g/mol. The largest absolute Gasteiger partial charge is 0.363 e. The van der Waals surface area contributed by atoms with Gasteiger partial charge in [-0.15, -0.1) is 0 Å². The van der Waals surface area contributed by atoms with E-state index in [0.717, 1.165) is 43.9 Å². The van der Waals surface area contributed by atoms with Crippen LogP contribution in [0.5, 0.6) is 0 Å². The van der Waals surface area contributed by atoms with Crippen LogP contribution >= 0.6 is 0 Å². The molecule has 1 aliphatic rings. The summed E-state index contributed by atoms with van der Waals surface area (Å²) in [4.78, 5) is 21.2. The number of hydrogen-bond donors (Lipinski definition) is 0. The van der Waals surface area contributed by atoms with Gasteiger partial charge < -0.3 is 9.80 Å². The van der Waals surface area contributed by atoms with Gasteiger partial charge in [-0.2, -0.15) is 5.10 Å². The summed E-state index contributed by atoms with van der Waals surface area (Å²) in [5.74, 6) is 1.62. The smallest absolute Gasteiger partial charge is 0.222 e. The maximum absolute atomic E-state index is 12.7. The third-order valence-electron chi connectivity index (χ3n) is 5.42. The zero-order valence-corrected chi connectivity index (χ0v) is 16.3. The van der Waals surface area contributed by atoms with Crippen molar-refractivity contribution in [3.05, 3.63) is 41.3 Å². The molecule has 1 unspecified atom stereocenters. The number of aromatic nitrogens is 3. The summed E-state index contributed by atoms with van der Waals surface area (Å²) >= 11 is 0. The predicted molar refractivity (Wildman–Crippen MR) is 103 cm³/mol. The van der Waals surface area contributed by atoms with E-state index in [-0.39, 0.29) is 5.91 Å². The molecule has 0 spiro atoms. The van der Waals surface area contributed by atoms with Crippen LogP contribution < -0.4 is 4.90 Å². The number of carbonyl (C=O) groups is 1. The zero-order valence-electron chi connectivity index (χ0n) is 16.3. The molecule has 140 valence electrons. The van der Waals surface area contributed by atoms with Crippen LogP contribution in [0.3, 0.4) is 0 Å². The Morgan fingerprint density at radius 2 is 2.19 bits per heavy atom. The number of amides is 1. The Hall–Kier alpha value is -2.37. The van der Waals surface area contributed by atoms with Gasteiger partial charge in [0.2, 0.25) is 5.91 Å². The molecule has 6 nitrogen and oxygen atoms in total. The Kier molecular flexibility index (Phi) is 5.59. The molecule has 3 rings (SSSR count). The SMILES string of the molecule is Cc1c(CCC(=O)N2CCCC(c3ccnc(N(C)C)c3)C2)cnn1C. The van der Waals surface area contributed by atoms with Crippen LogP contribution in [0.2, 0.25) is 0 Å². The molecule has 2 aromatic rings. The molecule has 1 amide bonds. The maximum atomic E-state index is 12.7. The summed E-state index contributed by atoms with van der Waals surface area (Å²) in [6.45, 7) is 3.73. The van der Waals surface area contributed by atoms with E-state index in [9.17, 15) is 4.79 Å². The van der Waals surface area contributed by atoms with E-state index in [2.05, 4.69) is 29.1 Å². The minimum absolute atomic E-state index is 0.250. The Morgan fingerprint density at radius 3 is 2.88 bits per heavy atom. The second-order valence-electron chi connectivity index (χ2n) is 7.40. The number of anilines is 1. The highest BCUT2D eigenvalue weighted by Gasteiger charge is 2.25. The van der Waals surface area contributed by atoms with E-state index < -0.39 is 0 Å². The minimum Gasteiger partial charge on any atom is -0.363 e. The standard InChI is InChI=1S/C20H29N5O/c1-15-17(13-22-24(15)4)7-8-20(26)25-11-5-6-18(14-25)16-9-10-21-19(12-16)23(2)3/h9-10,12-13,18H,5-8,11,14H2,1-4H3. The zero-order chi connectivity index (χ0) is 18.7. The fourth-order valence-corrected chi connectivity index (χ4v) is 3.60. The van der Waals surface area contributed by atoms with Crippen LogP contribution in [0.4, 0.5) is 5.82 Å². The molecule has 0 radical (unpaired) electrons. The first-order valence-corrected chi connectivity index (χ1v) is 9.34. The number of aryl methyl sites for hydroxylation is 2. The number of likely N-dealkylation sites (tertiary alicyclic amines) is 1. The van der Waals surface area contributed by atoms with E-state index in [0.29, 0.717) is 12.3 Å². The van der Waals surface area contributed by atoms with Crippen molar-refractivity contribution in [1.29, 1.82) is 0 Å². The molecule has 2 aromatic heterocycles. The Morgan fingerprint density at radius 1 is 1.38 bits per heavy atom. The Balaban J connectivity index is 1.61. The predicted octanol–water partition coefficient (Wildman–Crippen LogP) is 2.53. The summed E-state index contributed by atoms with van der Waals surface area (Å²) in [5.41, 5.74) is 3.59. The molecule has 0 aliphatic carbocycles. The molecule has 0 bridgehead atoms. The van der Waals surface area contributed by atoms with Gasteiger partial charge in [-0.1, -0.05) is 0 Å².